The van der Waals surface area contributed by atoms with E-state index in [0.717, 1.165) is 0 Å². The van der Waals surface area contributed by atoms with Crippen LogP contribution in [0.4, 0.5) is 5.82 Å². The number of aliphatic hydroxyl groups is 1. The number of primary amides is 1. The number of aromatic nitrogens is 2. The molecule has 0 spiro atoms. The summed E-state index contributed by atoms with van der Waals surface area (Å²) in [5.41, 5.74) is 4.84. The minimum atomic E-state index is -1.21. The number of aliphatic hydroxyl groups excluding tert-OH is 1. The standard InChI is InChI=1S/C7H10N4O2/c8-7(13)5(12)4-9-6-2-1-3-10-11-6/h1-3,5,12H,4H2,(H2,8,13)(H,9,11). The second kappa shape index (κ2) is 4.36. The molecule has 0 aliphatic carbocycles. The van der Waals surface area contributed by atoms with Gasteiger partial charge in [0.1, 0.15) is 11.9 Å². The molecule has 1 aromatic heterocycles. The molecule has 0 bridgehead atoms. The molecule has 0 saturated heterocycles. The van der Waals surface area contributed by atoms with Crippen LogP contribution in [0.5, 0.6) is 0 Å². The Morgan fingerprint density at radius 2 is 2.54 bits per heavy atom. The first kappa shape index (κ1) is 9.40. The zero-order chi connectivity index (χ0) is 9.68. The van der Waals surface area contributed by atoms with Gasteiger partial charge in [-0.2, -0.15) is 5.10 Å². The highest BCUT2D eigenvalue weighted by molar-refractivity contribution is 5.79. The van der Waals surface area contributed by atoms with Crippen LogP contribution in [0.2, 0.25) is 0 Å². The molecular weight excluding hydrogens is 172 g/mol. The lowest BCUT2D eigenvalue weighted by Gasteiger charge is -2.07. The fourth-order valence-electron chi connectivity index (χ4n) is 0.698. The molecule has 0 aliphatic rings. The summed E-state index contributed by atoms with van der Waals surface area (Å²) >= 11 is 0. The highest BCUT2D eigenvalue weighted by Gasteiger charge is 2.09. The van der Waals surface area contributed by atoms with Crippen molar-refractivity contribution in [1.29, 1.82) is 0 Å². The molecule has 0 saturated carbocycles. The Bertz CT molecular complexity index is 277. The number of carbonyl (C=O) groups is 1. The first-order valence-electron chi connectivity index (χ1n) is 3.69. The first-order chi connectivity index (χ1) is 6.20. The molecule has 1 unspecified atom stereocenters. The second-order valence-electron chi connectivity index (χ2n) is 2.41. The number of amides is 1. The summed E-state index contributed by atoms with van der Waals surface area (Å²) in [5.74, 6) is -0.279. The quantitative estimate of drug-likeness (QED) is 0.539. The number of hydrogen-bond donors (Lipinski definition) is 3. The van der Waals surface area contributed by atoms with E-state index in [1.54, 1.807) is 12.1 Å². The van der Waals surface area contributed by atoms with Crippen molar-refractivity contribution in [2.45, 2.75) is 6.10 Å². The van der Waals surface area contributed by atoms with E-state index in [4.69, 9.17) is 10.8 Å². The summed E-state index contributed by atoms with van der Waals surface area (Å²) in [4.78, 5) is 10.4. The van der Waals surface area contributed by atoms with Crippen molar-refractivity contribution >= 4 is 11.7 Å². The minimum Gasteiger partial charge on any atom is -0.381 e. The van der Waals surface area contributed by atoms with Gasteiger partial charge >= 0.3 is 0 Å². The van der Waals surface area contributed by atoms with Crippen molar-refractivity contribution in [2.24, 2.45) is 5.73 Å². The lowest BCUT2D eigenvalue weighted by Crippen LogP contribution is -2.34. The lowest BCUT2D eigenvalue weighted by molar-refractivity contribution is -0.125. The molecule has 1 heterocycles. The van der Waals surface area contributed by atoms with Crippen molar-refractivity contribution in [1.82, 2.24) is 10.2 Å². The smallest absolute Gasteiger partial charge is 0.248 e. The maximum Gasteiger partial charge on any atom is 0.248 e. The molecule has 70 valence electrons. The average molecular weight is 182 g/mol. The third kappa shape index (κ3) is 3.04. The van der Waals surface area contributed by atoms with Crippen LogP contribution < -0.4 is 11.1 Å². The van der Waals surface area contributed by atoms with Crippen molar-refractivity contribution in [3.63, 3.8) is 0 Å². The Morgan fingerprint density at radius 1 is 1.77 bits per heavy atom. The van der Waals surface area contributed by atoms with Crippen molar-refractivity contribution in [2.75, 3.05) is 11.9 Å². The first-order valence-corrected chi connectivity index (χ1v) is 3.69. The molecule has 0 fully saturated rings. The van der Waals surface area contributed by atoms with E-state index in [9.17, 15) is 4.79 Å². The zero-order valence-electron chi connectivity index (χ0n) is 6.84. The van der Waals surface area contributed by atoms with Gasteiger partial charge in [-0.05, 0) is 12.1 Å². The molecule has 1 atom stereocenters. The van der Waals surface area contributed by atoms with E-state index in [-0.39, 0.29) is 6.54 Å². The van der Waals surface area contributed by atoms with E-state index in [2.05, 4.69) is 15.5 Å². The third-order valence-electron chi connectivity index (χ3n) is 1.38. The van der Waals surface area contributed by atoms with E-state index in [1.165, 1.54) is 6.20 Å². The summed E-state index contributed by atoms with van der Waals surface area (Å²) in [6, 6.07) is 3.35. The summed E-state index contributed by atoms with van der Waals surface area (Å²) in [6.07, 6.45) is 0.317. The zero-order valence-corrected chi connectivity index (χ0v) is 6.84. The van der Waals surface area contributed by atoms with Gasteiger partial charge in [-0.25, -0.2) is 0 Å². The molecule has 4 N–H and O–H groups in total. The molecule has 1 amide bonds. The van der Waals surface area contributed by atoms with Crippen LogP contribution >= 0.6 is 0 Å². The summed E-state index contributed by atoms with van der Waals surface area (Å²) in [6.45, 7) is 0.0357. The van der Waals surface area contributed by atoms with Gasteiger partial charge in [0.05, 0.1) is 6.54 Å². The summed E-state index contributed by atoms with van der Waals surface area (Å²) in [7, 11) is 0. The van der Waals surface area contributed by atoms with Gasteiger partial charge in [0.25, 0.3) is 0 Å². The van der Waals surface area contributed by atoms with Crippen molar-refractivity contribution in [3.8, 4) is 0 Å². The molecule has 0 aliphatic heterocycles. The van der Waals surface area contributed by atoms with Gasteiger partial charge in [-0.1, -0.05) is 0 Å². The van der Waals surface area contributed by atoms with E-state index < -0.39 is 12.0 Å². The Hall–Kier alpha value is -1.69. The molecule has 13 heavy (non-hydrogen) atoms. The number of nitrogens with two attached hydrogens (primary N) is 1. The molecule has 1 rings (SSSR count). The predicted octanol–water partition coefficient (Wildman–Crippen LogP) is -1.27. The molecule has 0 radical (unpaired) electrons. The van der Waals surface area contributed by atoms with E-state index in [1.807, 2.05) is 0 Å². The Labute approximate surface area is 74.8 Å². The van der Waals surface area contributed by atoms with Gasteiger partial charge in [0.15, 0.2) is 0 Å². The van der Waals surface area contributed by atoms with E-state index in [0.29, 0.717) is 5.82 Å². The predicted molar refractivity (Wildman–Crippen MR) is 45.7 cm³/mol. The van der Waals surface area contributed by atoms with E-state index >= 15 is 0 Å². The topological polar surface area (TPSA) is 101 Å². The minimum absolute atomic E-state index is 0.0357. The van der Waals surface area contributed by atoms with Crippen molar-refractivity contribution in [3.05, 3.63) is 18.3 Å². The lowest BCUT2D eigenvalue weighted by atomic mass is 10.3. The third-order valence-corrected chi connectivity index (χ3v) is 1.38. The van der Waals surface area contributed by atoms with Gasteiger partial charge in [-0.3, -0.25) is 4.79 Å². The summed E-state index contributed by atoms with van der Waals surface area (Å²) < 4.78 is 0. The van der Waals surface area contributed by atoms with Gasteiger partial charge in [-0.15, -0.1) is 5.10 Å². The number of nitrogens with one attached hydrogen (secondary N) is 1. The second-order valence-corrected chi connectivity index (χ2v) is 2.41. The van der Waals surface area contributed by atoms with Crippen LogP contribution in [-0.2, 0) is 4.79 Å². The van der Waals surface area contributed by atoms with Crippen LogP contribution in [0.3, 0.4) is 0 Å². The number of anilines is 1. The highest BCUT2D eigenvalue weighted by Crippen LogP contribution is 1.97. The number of hydrogen-bond acceptors (Lipinski definition) is 5. The Morgan fingerprint density at radius 3 is 3.08 bits per heavy atom. The molecule has 6 nitrogen and oxygen atoms in total. The average Bonchev–Trinajstić information content (AvgIpc) is 2.15. The van der Waals surface area contributed by atoms with Crippen LogP contribution in [0.25, 0.3) is 0 Å². The van der Waals surface area contributed by atoms with Crippen LogP contribution in [-0.4, -0.2) is 33.9 Å². The molecule has 0 aromatic carbocycles. The fraction of sp³-hybridized carbons (Fsp3) is 0.286. The molecular formula is C7H10N4O2. The number of nitrogens with zero attached hydrogens (tertiary/aromatic N) is 2. The van der Waals surface area contributed by atoms with Crippen LogP contribution in [0.15, 0.2) is 18.3 Å². The molecule has 6 heteroatoms. The number of carbonyl (C=O) groups excluding carboxylic acids is 1. The monoisotopic (exact) mass is 182 g/mol. The summed E-state index contributed by atoms with van der Waals surface area (Å²) in [5, 5.41) is 19.0. The largest absolute Gasteiger partial charge is 0.381 e. The fourth-order valence-corrected chi connectivity index (χ4v) is 0.698. The SMILES string of the molecule is NC(=O)C(O)CNc1cccnn1. The van der Waals surface area contributed by atoms with Gasteiger partial charge < -0.3 is 16.2 Å². The Balaban J connectivity index is 2.39. The van der Waals surface area contributed by atoms with Crippen molar-refractivity contribution < 1.29 is 9.90 Å². The molecule has 1 aromatic rings. The maximum absolute atomic E-state index is 10.4. The maximum atomic E-state index is 10.4. The van der Waals surface area contributed by atoms with Gasteiger partial charge in [0, 0.05) is 6.20 Å². The normalized spacial score (nSPS) is 12.1. The van der Waals surface area contributed by atoms with Crippen LogP contribution in [0.1, 0.15) is 0 Å². The number of rotatable bonds is 4. The highest BCUT2D eigenvalue weighted by atomic mass is 16.3. The van der Waals surface area contributed by atoms with Crippen LogP contribution in [0, 0.1) is 0 Å². The van der Waals surface area contributed by atoms with Gasteiger partial charge in [0.2, 0.25) is 5.91 Å². The Kier molecular flexibility index (Phi) is 3.15.